The van der Waals surface area contributed by atoms with Gasteiger partial charge in [0.1, 0.15) is 0 Å². The largest absolute Gasteiger partial charge is 0.312 e. The minimum Gasteiger partial charge on any atom is -0.312 e. The van der Waals surface area contributed by atoms with Crippen LogP contribution in [0.4, 0.5) is 0 Å². The predicted molar refractivity (Wildman–Crippen MR) is 75.2 cm³/mol. The van der Waals surface area contributed by atoms with Crippen LogP contribution in [0.1, 0.15) is 17.0 Å². The van der Waals surface area contributed by atoms with Crippen molar-refractivity contribution in [1.29, 1.82) is 0 Å². The van der Waals surface area contributed by atoms with Gasteiger partial charge in [0, 0.05) is 60.9 Å². The Morgan fingerprint density at radius 2 is 2.06 bits per heavy atom. The first kappa shape index (κ1) is 12.3. The number of nitrogens with one attached hydrogen (secondary N) is 1. The van der Waals surface area contributed by atoms with Crippen molar-refractivity contribution in [1.82, 2.24) is 10.2 Å². The predicted octanol–water partition coefficient (Wildman–Crippen LogP) is 0.938. The van der Waals surface area contributed by atoms with E-state index in [4.69, 9.17) is 0 Å². The summed E-state index contributed by atoms with van der Waals surface area (Å²) < 4.78 is 11.4. The van der Waals surface area contributed by atoms with Crippen LogP contribution in [0.2, 0.25) is 0 Å². The molecule has 0 radical (unpaired) electrons. The zero-order valence-corrected chi connectivity index (χ0v) is 11.4. The van der Waals surface area contributed by atoms with Crippen LogP contribution in [0, 0.1) is 0 Å². The Morgan fingerprint density at radius 1 is 1.28 bits per heavy atom. The van der Waals surface area contributed by atoms with Crippen LogP contribution in [0.3, 0.4) is 0 Å². The molecule has 0 saturated carbocycles. The van der Waals surface area contributed by atoms with E-state index in [9.17, 15) is 4.21 Å². The van der Waals surface area contributed by atoms with Crippen molar-refractivity contribution in [2.24, 2.45) is 0 Å². The van der Waals surface area contributed by atoms with Crippen molar-refractivity contribution in [3.63, 3.8) is 0 Å². The normalized spacial score (nSPS) is 25.9. The van der Waals surface area contributed by atoms with E-state index in [1.165, 1.54) is 11.1 Å². The fraction of sp³-hybridized carbons (Fsp3) is 0.571. The van der Waals surface area contributed by atoms with E-state index in [1.807, 2.05) is 0 Å². The molecule has 2 aliphatic heterocycles. The fourth-order valence-corrected chi connectivity index (χ4v) is 4.05. The molecule has 1 N–H and O–H groups in total. The van der Waals surface area contributed by atoms with Gasteiger partial charge in [-0.2, -0.15) is 0 Å². The van der Waals surface area contributed by atoms with Gasteiger partial charge in [-0.1, -0.05) is 24.3 Å². The summed E-state index contributed by atoms with van der Waals surface area (Å²) in [7, 11) is -0.570. The van der Waals surface area contributed by atoms with Gasteiger partial charge >= 0.3 is 0 Å². The minimum atomic E-state index is -0.570. The highest BCUT2D eigenvalue weighted by molar-refractivity contribution is 7.85. The van der Waals surface area contributed by atoms with E-state index in [2.05, 4.69) is 34.5 Å². The van der Waals surface area contributed by atoms with Crippen LogP contribution < -0.4 is 5.32 Å². The lowest BCUT2D eigenvalue weighted by Crippen LogP contribution is -2.43. The Hall–Kier alpha value is -0.710. The summed E-state index contributed by atoms with van der Waals surface area (Å²) >= 11 is 0. The summed E-state index contributed by atoms with van der Waals surface area (Å²) in [6.07, 6.45) is 0. The van der Waals surface area contributed by atoms with Gasteiger partial charge in [0.2, 0.25) is 0 Å². The lowest BCUT2D eigenvalue weighted by Gasteiger charge is -2.33. The summed E-state index contributed by atoms with van der Waals surface area (Å²) in [6, 6.07) is 8.75. The first-order valence-electron chi connectivity index (χ1n) is 6.69. The summed E-state index contributed by atoms with van der Waals surface area (Å²) in [5, 5.41) is 3.50. The maximum atomic E-state index is 11.4. The number of hydrogen-bond donors (Lipinski definition) is 1. The van der Waals surface area contributed by atoms with Crippen LogP contribution in [0.15, 0.2) is 24.3 Å². The molecule has 0 spiro atoms. The van der Waals surface area contributed by atoms with Crippen molar-refractivity contribution >= 4 is 10.8 Å². The standard InChI is InChI=1S/C14H20N2OS/c17-18-7-5-16(6-8-18)11-13-10-15-9-12-3-1-2-4-14(12)13/h1-4,13,15H,5-11H2. The van der Waals surface area contributed by atoms with E-state index in [0.29, 0.717) is 5.92 Å². The smallest absolute Gasteiger partial charge is 0.0363 e. The summed E-state index contributed by atoms with van der Waals surface area (Å²) in [6.45, 7) is 5.14. The Balaban J connectivity index is 1.69. The molecule has 2 heterocycles. The number of fused-ring (bicyclic) bond motifs is 1. The third kappa shape index (κ3) is 2.66. The molecular formula is C14H20N2OS. The highest BCUT2D eigenvalue weighted by atomic mass is 32.2. The molecule has 1 atom stereocenters. The van der Waals surface area contributed by atoms with Gasteiger partial charge in [0.05, 0.1) is 0 Å². The molecule has 1 fully saturated rings. The van der Waals surface area contributed by atoms with Crippen LogP contribution in [-0.2, 0) is 17.3 Å². The molecule has 1 saturated heterocycles. The van der Waals surface area contributed by atoms with Gasteiger partial charge in [-0.25, -0.2) is 0 Å². The molecule has 0 aromatic heterocycles. The average Bonchev–Trinajstić information content (AvgIpc) is 2.42. The second kappa shape index (κ2) is 5.51. The van der Waals surface area contributed by atoms with Gasteiger partial charge in [0.25, 0.3) is 0 Å². The Morgan fingerprint density at radius 3 is 2.89 bits per heavy atom. The highest BCUT2D eigenvalue weighted by Crippen LogP contribution is 2.24. The number of benzene rings is 1. The van der Waals surface area contributed by atoms with E-state index in [0.717, 1.165) is 44.2 Å². The number of hydrogen-bond acceptors (Lipinski definition) is 3. The summed E-state index contributed by atoms with van der Waals surface area (Å²) in [5.74, 6) is 2.28. The lowest BCUT2D eigenvalue weighted by molar-refractivity contribution is 0.271. The van der Waals surface area contributed by atoms with Crippen molar-refractivity contribution in [3.05, 3.63) is 35.4 Å². The van der Waals surface area contributed by atoms with Crippen LogP contribution in [0.5, 0.6) is 0 Å². The Labute approximate surface area is 111 Å². The maximum absolute atomic E-state index is 11.4. The molecule has 1 aromatic carbocycles. The molecule has 2 aliphatic rings. The second-order valence-electron chi connectivity index (χ2n) is 5.18. The van der Waals surface area contributed by atoms with Gasteiger partial charge < -0.3 is 10.2 Å². The van der Waals surface area contributed by atoms with E-state index < -0.39 is 10.8 Å². The third-order valence-corrected chi connectivity index (χ3v) is 5.23. The van der Waals surface area contributed by atoms with Crippen molar-refractivity contribution in [2.45, 2.75) is 12.5 Å². The van der Waals surface area contributed by atoms with Crippen molar-refractivity contribution in [2.75, 3.05) is 37.7 Å². The monoisotopic (exact) mass is 264 g/mol. The minimum absolute atomic E-state index is 0.570. The van der Waals surface area contributed by atoms with E-state index in [-0.39, 0.29) is 0 Å². The molecule has 3 nitrogen and oxygen atoms in total. The van der Waals surface area contributed by atoms with Crippen molar-refractivity contribution in [3.8, 4) is 0 Å². The van der Waals surface area contributed by atoms with Gasteiger partial charge in [0.15, 0.2) is 0 Å². The van der Waals surface area contributed by atoms with Crippen LogP contribution in [0.25, 0.3) is 0 Å². The molecule has 0 aliphatic carbocycles. The molecule has 98 valence electrons. The maximum Gasteiger partial charge on any atom is 0.0363 e. The zero-order chi connectivity index (χ0) is 12.4. The average molecular weight is 264 g/mol. The zero-order valence-electron chi connectivity index (χ0n) is 10.6. The summed E-state index contributed by atoms with van der Waals surface area (Å²) in [4.78, 5) is 2.47. The first-order chi connectivity index (χ1) is 8.83. The van der Waals surface area contributed by atoms with E-state index in [1.54, 1.807) is 0 Å². The van der Waals surface area contributed by atoms with Gasteiger partial charge in [-0.15, -0.1) is 0 Å². The number of rotatable bonds is 2. The van der Waals surface area contributed by atoms with E-state index >= 15 is 0 Å². The third-order valence-electron chi connectivity index (χ3n) is 3.95. The molecule has 0 amide bonds. The Bertz CT molecular complexity index is 439. The van der Waals surface area contributed by atoms with Crippen molar-refractivity contribution < 1.29 is 4.21 Å². The fourth-order valence-electron chi connectivity index (χ4n) is 2.92. The second-order valence-corrected chi connectivity index (χ2v) is 6.87. The molecular weight excluding hydrogens is 244 g/mol. The van der Waals surface area contributed by atoms with Crippen LogP contribution >= 0.6 is 0 Å². The first-order valence-corrected chi connectivity index (χ1v) is 8.17. The molecule has 1 aromatic rings. The molecule has 4 heteroatoms. The van der Waals surface area contributed by atoms with Gasteiger partial charge in [-0.05, 0) is 11.1 Å². The van der Waals surface area contributed by atoms with Crippen LogP contribution in [-0.4, -0.2) is 46.8 Å². The SMILES string of the molecule is O=S1CCN(CC2CNCc3ccccc32)CC1. The topological polar surface area (TPSA) is 32.3 Å². The molecule has 0 bridgehead atoms. The lowest BCUT2D eigenvalue weighted by atomic mass is 9.90. The quantitative estimate of drug-likeness (QED) is 0.863. The molecule has 3 rings (SSSR count). The Kier molecular flexibility index (Phi) is 3.77. The highest BCUT2D eigenvalue weighted by Gasteiger charge is 2.23. The van der Waals surface area contributed by atoms with Gasteiger partial charge in [-0.3, -0.25) is 4.21 Å². The molecule has 1 unspecified atom stereocenters. The number of nitrogens with zero attached hydrogens (tertiary/aromatic N) is 1. The summed E-state index contributed by atoms with van der Waals surface area (Å²) in [5.41, 5.74) is 2.94. The molecule has 18 heavy (non-hydrogen) atoms.